The maximum Gasteiger partial charge on any atom is 0.338 e. The van der Waals surface area contributed by atoms with Gasteiger partial charge in [-0.05, 0) is 46.9 Å². The van der Waals surface area contributed by atoms with Gasteiger partial charge in [-0.3, -0.25) is 4.79 Å². The second-order valence-electron chi connectivity index (χ2n) is 5.02. The first-order chi connectivity index (χ1) is 12.5. The summed E-state index contributed by atoms with van der Waals surface area (Å²) in [6.45, 7) is -0.416. The van der Waals surface area contributed by atoms with E-state index in [0.29, 0.717) is 22.9 Å². The van der Waals surface area contributed by atoms with Crippen molar-refractivity contribution in [1.82, 2.24) is 0 Å². The summed E-state index contributed by atoms with van der Waals surface area (Å²) in [6, 6.07) is 10.2. The molecule has 0 saturated carbocycles. The molecule has 2 aromatic carbocycles. The van der Waals surface area contributed by atoms with Gasteiger partial charge in [0.25, 0.3) is 5.91 Å². The maximum absolute atomic E-state index is 12.2. The Labute approximate surface area is 164 Å². The smallest absolute Gasteiger partial charge is 0.338 e. The molecule has 0 spiro atoms. The van der Waals surface area contributed by atoms with Crippen LogP contribution in [0.4, 0.5) is 5.69 Å². The molecule has 1 N–H and O–H groups in total. The molecule has 0 aliphatic heterocycles. The zero-order valence-electron chi connectivity index (χ0n) is 14.5. The first kappa shape index (κ1) is 19.8. The zero-order chi connectivity index (χ0) is 19.1. The minimum absolute atomic E-state index is 0.182. The molecule has 8 heteroatoms. The fraction of sp³-hybridized carbons (Fsp3) is 0.222. The summed E-state index contributed by atoms with van der Waals surface area (Å²) in [5.41, 5.74) is 0.837. The second kappa shape index (κ2) is 9.27. The minimum Gasteiger partial charge on any atom is -0.493 e. The van der Waals surface area contributed by atoms with Crippen LogP contribution in [0, 0.1) is 3.57 Å². The predicted octanol–water partition coefficient (Wildman–Crippen LogP) is 3.11. The first-order valence-electron chi connectivity index (χ1n) is 7.51. The molecule has 0 unspecified atom stereocenters. The summed E-state index contributed by atoms with van der Waals surface area (Å²) in [7, 11) is 4.36. The second-order valence-corrected chi connectivity index (χ2v) is 6.18. The van der Waals surface area contributed by atoms with Crippen LogP contribution in [0.25, 0.3) is 0 Å². The average molecular weight is 471 g/mol. The van der Waals surface area contributed by atoms with Crippen molar-refractivity contribution in [2.75, 3.05) is 33.3 Å². The van der Waals surface area contributed by atoms with Crippen molar-refractivity contribution < 1.29 is 28.5 Å². The third kappa shape index (κ3) is 4.78. The summed E-state index contributed by atoms with van der Waals surface area (Å²) >= 11 is 2.10. The van der Waals surface area contributed by atoms with E-state index in [-0.39, 0.29) is 5.56 Å². The normalized spacial score (nSPS) is 10.0. The number of carbonyl (C=O) groups is 2. The highest BCUT2D eigenvalue weighted by molar-refractivity contribution is 14.1. The van der Waals surface area contributed by atoms with Gasteiger partial charge in [-0.25, -0.2) is 4.79 Å². The number of amides is 1. The van der Waals surface area contributed by atoms with Gasteiger partial charge >= 0.3 is 5.97 Å². The van der Waals surface area contributed by atoms with Crippen LogP contribution in [0.5, 0.6) is 17.2 Å². The van der Waals surface area contributed by atoms with Crippen LogP contribution in [0.3, 0.4) is 0 Å². The highest BCUT2D eigenvalue weighted by Crippen LogP contribution is 2.38. The Morgan fingerprint density at radius 3 is 2.15 bits per heavy atom. The van der Waals surface area contributed by atoms with E-state index < -0.39 is 18.5 Å². The molecule has 0 aromatic heterocycles. The van der Waals surface area contributed by atoms with Gasteiger partial charge in [0, 0.05) is 3.57 Å². The molecular weight excluding hydrogens is 453 g/mol. The van der Waals surface area contributed by atoms with Crippen molar-refractivity contribution in [2.45, 2.75) is 0 Å². The third-order valence-electron chi connectivity index (χ3n) is 3.38. The van der Waals surface area contributed by atoms with E-state index in [0.717, 1.165) is 3.57 Å². The topological polar surface area (TPSA) is 83.1 Å². The maximum atomic E-state index is 12.2. The van der Waals surface area contributed by atoms with Gasteiger partial charge in [0.1, 0.15) is 0 Å². The Kier molecular flexibility index (Phi) is 7.07. The van der Waals surface area contributed by atoms with Gasteiger partial charge in [-0.1, -0.05) is 12.1 Å². The van der Waals surface area contributed by atoms with Gasteiger partial charge < -0.3 is 24.3 Å². The summed E-state index contributed by atoms with van der Waals surface area (Å²) in [5, 5.41) is 2.69. The molecule has 0 radical (unpaired) electrons. The Bertz CT molecular complexity index is 783. The van der Waals surface area contributed by atoms with Gasteiger partial charge in [0.15, 0.2) is 18.1 Å². The van der Waals surface area contributed by atoms with Crippen molar-refractivity contribution in [3.8, 4) is 17.2 Å². The highest BCUT2D eigenvalue weighted by atomic mass is 127. The van der Waals surface area contributed by atoms with Gasteiger partial charge in [-0.2, -0.15) is 0 Å². The number of halogens is 1. The quantitative estimate of drug-likeness (QED) is 0.494. The van der Waals surface area contributed by atoms with E-state index in [1.165, 1.54) is 33.5 Å². The van der Waals surface area contributed by atoms with Crippen LogP contribution < -0.4 is 19.5 Å². The number of rotatable bonds is 7. The van der Waals surface area contributed by atoms with Crippen molar-refractivity contribution in [3.63, 3.8) is 0 Å². The van der Waals surface area contributed by atoms with Crippen molar-refractivity contribution in [1.29, 1.82) is 0 Å². The molecule has 0 heterocycles. The summed E-state index contributed by atoms with van der Waals surface area (Å²) < 4.78 is 21.5. The van der Waals surface area contributed by atoms with E-state index in [2.05, 4.69) is 27.9 Å². The molecule has 7 nitrogen and oxygen atoms in total. The fourth-order valence-electron chi connectivity index (χ4n) is 2.16. The first-order valence-corrected chi connectivity index (χ1v) is 8.59. The van der Waals surface area contributed by atoms with Crippen LogP contribution in [0.2, 0.25) is 0 Å². The SMILES string of the molecule is COc1cc(C(=O)OCC(=O)Nc2ccccc2I)cc(OC)c1OC. The minimum atomic E-state index is -0.679. The average Bonchev–Trinajstić information content (AvgIpc) is 2.66. The lowest BCUT2D eigenvalue weighted by Crippen LogP contribution is -2.21. The lowest BCUT2D eigenvalue weighted by Gasteiger charge is -2.14. The number of ether oxygens (including phenoxy) is 4. The lowest BCUT2D eigenvalue weighted by atomic mass is 10.2. The number of methoxy groups -OCH3 is 3. The molecule has 2 aromatic rings. The molecule has 0 aliphatic rings. The summed E-state index contributed by atoms with van der Waals surface area (Å²) in [6.07, 6.45) is 0. The number of para-hydroxylation sites is 1. The van der Waals surface area contributed by atoms with E-state index in [1.54, 1.807) is 12.1 Å². The van der Waals surface area contributed by atoms with Gasteiger partial charge in [0.2, 0.25) is 5.75 Å². The predicted molar refractivity (Wildman–Crippen MR) is 104 cm³/mol. The molecule has 26 heavy (non-hydrogen) atoms. The van der Waals surface area contributed by atoms with Crippen molar-refractivity contribution in [2.24, 2.45) is 0 Å². The molecule has 0 saturated heterocycles. The van der Waals surface area contributed by atoms with Gasteiger partial charge in [0.05, 0.1) is 32.6 Å². The van der Waals surface area contributed by atoms with E-state index in [9.17, 15) is 9.59 Å². The van der Waals surface area contributed by atoms with Crippen molar-refractivity contribution >= 4 is 40.2 Å². The standard InChI is InChI=1S/C18H18INO6/c1-23-14-8-11(9-15(24-2)17(14)25-3)18(22)26-10-16(21)20-13-7-5-4-6-12(13)19/h4-9H,10H2,1-3H3,(H,20,21). The van der Waals surface area contributed by atoms with Crippen LogP contribution in [0.1, 0.15) is 10.4 Å². The summed E-state index contributed by atoms with van der Waals surface area (Å²) in [4.78, 5) is 24.2. The molecule has 0 aliphatic carbocycles. The van der Waals surface area contributed by atoms with Crippen molar-refractivity contribution in [3.05, 3.63) is 45.5 Å². The Morgan fingerprint density at radius 2 is 1.62 bits per heavy atom. The third-order valence-corrected chi connectivity index (χ3v) is 4.32. The monoisotopic (exact) mass is 471 g/mol. The highest BCUT2D eigenvalue weighted by Gasteiger charge is 2.18. The molecular formula is C18H18INO6. The van der Waals surface area contributed by atoms with E-state index in [1.807, 2.05) is 12.1 Å². The van der Waals surface area contributed by atoms with Crippen LogP contribution >= 0.6 is 22.6 Å². The molecule has 0 bridgehead atoms. The molecule has 0 atom stereocenters. The molecule has 1 amide bonds. The Morgan fingerprint density at radius 1 is 1.00 bits per heavy atom. The Balaban J connectivity index is 2.05. The summed E-state index contributed by atoms with van der Waals surface area (Å²) in [5.74, 6) is -0.107. The number of nitrogens with one attached hydrogen (secondary N) is 1. The molecule has 0 fully saturated rings. The largest absolute Gasteiger partial charge is 0.493 e. The van der Waals surface area contributed by atoms with E-state index in [4.69, 9.17) is 18.9 Å². The zero-order valence-corrected chi connectivity index (χ0v) is 16.7. The molecule has 2 rings (SSSR count). The molecule has 138 valence electrons. The number of anilines is 1. The Hall–Kier alpha value is -2.49. The van der Waals surface area contributed by atoms with Gasteiger partial charge in [-0.15, -0.1) is 0 Å². The van der Waals surface area contributed by atoms with Crippen LogP contribution in [0.15, 0.2) is 36.4 Å². The number of carbonyl (C=O) groups excluding carboxylic acids is 2. The van der Waals surface area contributed by atoms with Crippen LogP contribution in [-0.2, 0) is 9.53 Å². The lowest BCUT2D eigenvalue weighted by molar-refractivity contribution is -0.119. The fourth-order valence-corrected chi connectivity index (χ4v) is 2.68. The number of hydrogen-bond acceptors (Lipinski definition) is 6. The van der Waals surface area contributed by atoms with E-state index >= 15 is 0 Å². The number of esters is 1. The number of hydrogen-bond donors (Lipinski definition) is 1. The van der Waals surface area contributed by atoms with Crippen LogP contribution in [-0.4, -0.2) is 39.8 Å². The number of benzene rings is 2.